The van der Waals surface area contributed by atoms with Gasteiger partial charge in [-0.3, -0.25) is 14.9 Å². The fourth-order valence-electron chi connectivity index (χ4n) is 3.03. The molecule has 0 aliphatic rings. The van der Waals surface area contributed by atoms with Gasteiger partial charge in [0.25, 0.3) is 11.6 Å². The van der Waals surface area contributed by atoms with Crippen molar-refractivity contribution in [2.75, 3.05) is 19.2 Å². The topological polar surface area (TPSA) is 107 Å². The number of non-ortho nitro benzene ring substituents is 1. The minimum Gasteiger partial charge on any atom is -0.497 e. The molecular formula is C23H17FN4O5S. The van der Waals surface area contributed by atoms with E-state index in [9.17, 15) is 19.3 Å². The van der Waals surface area contributed by atoms with Crippen molar-refractivity contribution < 1.29 is 23.6 Å². The van der Waals surface area contributed by atoms with Gasteiger partial charge in [-0.05, 0) is 48.0 Å². The molecule has 11 heteroatoms. The summed E-state index contributed by atoms with van der Waals surface area (Å²) in [6.45, 7) is 0. The highest BCUT2D eigenvalue weighted by molar-refractivity contribution is 7.22. The molecule has 0 atom stereocenters. The zero-order chi connectivity index (χ0) is 24.2. The van der Waals surface area contributed by atoms with E-state index in [0.717, 1.165) is 16.3 Å². The van der Waals surface area contributed by atoms with Crippen LogP contribution in [0.3, 0.4) is 0 Å². The number of hydrogen-bond donors (Lipinski definition) is 0. The van der Waals surface area contributed by atoms with E-state index in [1.807, 2.05) is 0 Å². The molecule has 0 spiro atoms. The van der Waals surface area contributed by atoms with Crippen molar-refractivity contribution in [1.29, 1.82) is 0 Å². The number of rotatable bonds is 7. The minimum absolute atomic E-state index is 0.0678. The summed E-state index contributed by atoms with van der Waals surface area (Å²) in [5, 5.41) is 16.5. The van der Waals surface area contributed by atoms with Gasteiger partial charge in [0.1, 0.15) is 17.3 Å². The summed E-state index contributed by atoms with van der Waals surface area (Å²) in [7, 11) is 2.94. The number of hydrazone groups is 1. The monoisotopic (exact) mass is 480 g/mol. The van der Waals surface area contributed by atoms with E-state index in [0.29, 0.717) is 27.3 Å². The van der Waals surface area contributed by atoms with Crippen molar-refractivity contribution in [2.45, 2.75) is 0 Å². The number of carbonyl (C=O) groups is 1. The van der Waals surface area contributed by atoms with E-state index in [-0.39, 0.29) is 16.4 Å². The van der Waals surface area contributed by atoms with Gasteiger partial charge in [-0.2, -0.15) is 10.1 Å². The number of nitro benzene ring substituents is 1. The van der Waals surface area contributed by atoms with Crippen LogP contribution in [0.5, 0.6) is 11.5 Å². The average molecular weight is 480 g/mol. The number of thiazole rings is 1. The molecule has 0 bridgehead atoms. The van der Waals surface area contributed by atoms with Crippen molar-refractivity contribution in [2.24, 2.45) is 5.10 Å². The Labute approximate surface area is 196 Å². The molecule has 0 saturated carbocycles. The number of carbonyl (C=O) groups excluding carboxylic acids is 1. The maximum atomic E-state index is 13.7. The van der Waals surface area contributed by atoms with Gasteiger partial charge >= 0.3 is 0 Å². The lowest BCUT2D eigenvalue weighted by Gasteiger charge is -2.15. The molecule has 0 aliphatic heterocycles. The highest BCUT2D eigenvalue weighted by Crippen LogP contribution is 2.32. The van der Waals surface area contributed by atoms with Crippen LogP contribution in [0, 0.1) is 15.9 Å². The molecular weight excluding hydrogens is 463 g/mol. The summed E-state index contributed by atoms with van der Waals surface area (Å²) in [5.74, 6) is -0.135. The van der Waals surface area contributed by atoms with E-state index in [1.165, 1.54) is 75.0 Å². The molecule has 172 valence electrons. The smallest absolute Gasteiger partial charge is 0.281 e. The maximum absolute atomic E-state index is 13.7. The number of nitrogens with zero attached hydrogens (tertiary/aromatic N) is 4. The molecule has 4 aromatic rings. The fraction of sp³-hybridized carbons (Fsp3) is 0.0870. The van der Waals surface area contributed by atoms with Gasteiger partial charge in [-0.25, -0.2) is 9.37 Å². The molecule has 0 aliphatic carbocycles. The molecule has 9 nitrogen and oxygen atoms in total. The van der Waals surface area contributed by atoms with Crippen LogP contribution in [0.25, 0.3) is 10.2 Å². The molecule has 0 unspecified atom stereocenters. The summed E-state index contributed by atoms with van der Waals surface area (Å²) < 4.78 is 24.7. The molecule has 0 fully saturated rings. The molecule has 1 heterocycles. The van der Waals surface area contributed by atoms with Gasteiger partial charge in [-0.15, -0.1) is 0 Å². The van der Waals surface area contributed by atoms with Crippen molar-refractivity contribution in [1.82, 2.24) is 4.98 Å². The van der Waals surface area contributed by atoms with Crippen LogP contribution in [-0.2, 0) is 0 Å². The second-order valence-electron chi connectivity index (χ2n) is 6.92. The van der Waals surface area contributed by atoms with Gasteiger partial charge in [0.15, 0.2) is 0 Å². The van der Waals surface area contributed by atoms with E-state index >= 15 is 0 Å². The number of aromatic nitrogens is 1. The largest absolute Gasteiger partial charge is 0.497 e. The molecule has 3 aromatic carbocycles. The molecule has 1 amide bonds. The Bertz CT molecular complexity index is 1380. The van der Waals surface area contributed by atoms with Gasteiger partial charge in [0.05, 0.1) is 35.6 Å². The Morgan fingerprint density at radius 1 is 1.09 bits per heavy atom. The first-order valence-corrected chi connectivity index (χ1v) is 10.6. The Kier molecular flexibility index (Phi) is 6.46. The Morgan fingerprint density at radius 2 is 1.76 bits per heavy atom. The van der Waals surface area contributed by atoms with Crippen LogP contribution in [0.4, 0.5) is 15.2 Å². The second kappa shape index (κ2) is 9.63. The minimum atomic E-state index is -0.533. The second-order valence-corrected chi connectivity index (χ2v) is 7.93. The number of nitro groups is 1. The normalized spacial score (nSPS) is 11.0. The molecule has 0 saturated heterocycles. The fourth-order valence-corrected chi connectivity index (χ4v) is 3.97. The lowest BCUT2D eigenvalue weighted by Crippen LogP contribution is -2.25. The van der Waals surface area contributed by atoms with Gasteiger partial charge < -0.3 is 9.47 Å². The van der Waals surface area contributed by atoms with E-state index in [2.05, 4.69) is 10.1 Å². The Balaban J connectivity index is 1.77. The quantitative estimate of drug-likeness (QED) is 0.208. The lowest BCUT2D eigenvalue weighted by molar-refractivity contribution is -0.384. The van der Waals surface area contributed by atoms with E-state index in [4.69, 9.17) is 9.47 Å². The predicted octanol–water partition coefficient (Wildman–Crippen LogP) is 5.04. The van der Waals surface area contributed by atoms with Gasteiger partial charge in [0, 0.05) is 23.8 Å². The molecule has 1 aromatic heterocycles. The number of methoxy groups -OCH3 is 2. The van der Waals surface area contributed by atoms with Crippen LogP contribution >= 0.6 is 11.3 Å². The van der Waals surface area contributed by atoms with Gasteiger partial charge in [-0.1, -0.05) is 11.3 Å². The third-order valence-electron chi connectivity index (χ3n) is 4.74. The molecule has 4 rings (SSSR count). The standard InChI is InChI=1S/C23H17FN4O5S/c1-32-18-9-15(10-19(12-18)33-2)22(29)27(23-26-20-8-5-16(24)11-21(20)34-23)25-13-14-3-6-17(7-4-14)28(30)31/h3-13H,1-2H3/b25-13+. The number of halogens is 1. The van der Waals surface area contributed by atoms with Crippen LogP contribution < -0.4 is 14.5 Å². The maximum Gasteiger partial charge on any atom is 0.281 e. The zero-order valence-corrected chi connectivity index (χ0v) is 18.8. The van der Waals surface area contributed by atoms with Crippen LogP contribution in [0.15, 0.2) is 65.8 Å². The van der Waals surface area contributed by atoms with E-state index < -0.39 is 16.6 Å². The Hall–Kier alpha value is -4.38. The van der Waals surface area contributed by atoms with Crippen molar-refractivity contribution in [3.05, 3.63) is 87.7 Å². The highest BCUT2D eigenvalue weighted by Gasteiger charge is 2.23. The highest BCUT2D eigenvalue weighted by atomic mass is 32.1. The third kappa shape index (κ3) is 4.84. The summed E-state index contributed by atoms with van der Waals surface area (Å²) in [6.07, 6.45) is 1.38. The summed E-state index contributed by atoms with van der Waals surface area (Å²) in [4.78, 5) is 28.3. The van der Waals surface area contributed by atoms with Crippen LogP contribution in [0.1, 0.15) is 15.9 Å². The number of amides is 1. The number of hydrogen-bond acceptors (Lipinski definition) is 8. The van der Waals surface area contributed by atoms with Crippen molar-refractivity contribution in [3.8, 4) is 11.5 Å². The van der Waals surface area contributed by atoms with Crippen LogP contribution in [0.2, 0.25) is 0 Å². The number of anilines is 1. The van der Waals surface area contributed by atoms with Crippen molar-refractivity contribution >= 4 is 44.5 Å². The first-order chi connectivity index (χ1) is 16.4. The third-order valence-corrected chi connectivity index (χ3v) is 5.73. The van der Waals surface area contributed by atoms with Gasteiger partial charge in [0.2, 0.25) is 5.13 Å². The number of benzene rings is 3. The van der Waals surface area contributed by atoms with Crippen molar-refractivity contribution in [3.63, 3.8) is 0 Å². The molecule has 0 N–H and O–H groups in total. The van der Waals surface area contributed by atoms with E-state index in [1.54, 1.807) is 6.07 Å². The first kappa shape index (κ1) is 22.8. The summed E-state index contributed by atoms with van der Waals surface area (Å²) in [5.41, 5.74) is 1.19. The van der Waals surface area contributed by atoms with Crippen LogP contribution in [-0.4, -0.2) is 36.2 Å². The molecule has 34 heavy (non-hydrogen) atoms. The zero-order valence-electron chi connectivity index (χ0n) is 18.0. The predicted molar refractivity (Wildman–Crippen MR) is 127 cm³/mol. The summed E-state index contributed by atoms with van der Waals surface area (Å²) >= 11 is 1.09. The first-order valence-electron chi connectivity index (χ1n) is 9.80. The Morgan fingerprint density at radius 3 is 2.38 bits per heavy atom. The summed E-state index contributed by atoms with van der Waals surface area (Å²) in [6, 6.07) is 14.5. The number of fused-ring (bicyclic) bond motifs is 1. The SMILES string of the molecule is COc1cc(OC)cc(C(=O)N(/N=C/c2ccc([N+](=O)[O-])cc2)c2nc3ccc(F)cc3s2)c1. The molecule has 0 radical (unpaired) electrons. The number of ether oxygens (including phenoxy) is 2. The lowest BCUT2D eigenvalue weighted by atomic mass is 10.2. The average Bonchev–Trinajstić information content (AvgIpc) is 3.26.